The number of rotatable bonds is 8. The first-order valence-electron chi connectivity index (χ1n) is 9.87. The number of benzene rings is 2. The topological polar surface area (TPSA) is 36.1 Å². The van der Waals surface area contributed by atoms with Crippen LogP contribution in [0.4, 0.5) is 0 Å². The fraction of sp³-hybridized carbons (Fsp3) is 0.348. The summed E-state index contributed by atoms with van der Waals surface area (Å²) in [5.41, 5.74) is 4.23. The third-order valence-corrected chi connectivity index (χ3v) is 5.42. The first-order valence-corrected chi connectivity index (χ1v) is 10.6. The Labute approximate surface area is 176 Å². The van der Waals surface area contributed by atoms with Gasteiger partial charge in [0.15, 0.2) is 0 Å². The summed E-state index contributed by atoms with van der Waals surface area (Å²) in [6.45, 7) is 5.85. The van der Waals surface area contributed by atoms with Gasteiger partial charge in [0.25, 0.3) is 0 Å². The van der Waals surface area contributed by atoms with E-state index in [-0.39, 0.29) is 5.91 Å². The molecule has 0 aliphatic carbocycles. The van der Waals surface area contributed by atoms with Gasteiger partial charge in [0.05, 0.1) is 0 Å². The number of nitrogens with one attached hydrogen (secondary N) is 1. The van der Waals surface area contributed by atoms with Crippen LogP contribution in [0.1, 0.15) is 38.7 Å². The Morgan fingerprint density at radius 1 is 0.964 bits per heavy atom. The lowest BCUT2D eigenvalue weighted by Crippen LogP contribution is -2.32. The van der Waals surface area contributed by atoms with E-state index in [9.17, 15) is 4.79 Å². The smallest absolute Gasteiger partial charge is 0.222 e. The van der Waals surface area contributed by atoms with Gasteiger partial charge < -0.3 is 9.88 Å². The van der Waals surface area contributed by atoms with Gasteiger partial charge in [-0.15, -0.1) is 0 Å². The predicted octanol–water partition coefficient (Wildman–Crippen LogP) is 6.72. The number of aryl methyl sites for hydroxylation is 1. The van der Waals surface area contributed by atoms with Gasteiger partial charge >= 0.3 is 0 Å². The van der Waals surface area contributed by atoms with Gasteiger partial charge in [0.2, 0.25) is 5.91 Å². The number of carbonyl (C=O) groups excluding carboxylic acids is 1. The molecule has 3 rings (SSSR count). The van der Waals surface area contributed by atoms with Crippen LogP contribution >= 0.6 is 23.2 Å². The number of aromatic amines is 1. The molecule has 1 aromatic heterocycles. The van der Waals surface area contributed by atoms with E-state index >= 15 is 0 Å². The molecule has 1 amide bonds. The van der Waals surface area contributed by atoms with Crippen LogP contribution in [-0.2, 0) is 11.2 Å². The third-order valence-electron chi connectivity index (χ3n) is 4.93. The Morgan fingerprint density at radius 3 is 2.25 bits per heavy atom. The molecule has 3 nitrogen and oxygen atoms in total. The quantitative estimate of drug-likeness (QED) is 0.434. The Balaban J connectivity index is 1.94. The molecule has 0 aliphatic heterocycles. The molecular formula is C23H26Cl2N2O. The van der Waals surface area contributed by atoms with Gasteiger partial charge in [-0.05, 0) is 60.7 Å². The Morgan fingerprint density at radius 2 is 1.61 bits per heavy atom. The molecule has 0 radical (unpaired) electrons. The van der Waals surface area contributed by atoms with E-state index in [1.165, 1.54) is 0 Å². The van der Waals surface area contributed by atoms with Crippen molar-refractivity contribution in [3.8, 4) is 11.3 Å². The summed E-state index contributed by atoms with van der Waals surface area (Å²) in [7, 11) is 0. The number of nitrogens with zero attached hydrogens (tertiary/aromatic N) is 1. The summed E-state index contributed by atoms with van der Waals surface area (Å²) in [5.74, 6) is 0.210. The molecule has 0 atom stereocenters. The van der Waals surface area contributed by atoms with E-state index < -0.39 is 0 Å². The van der Waals surface area contributed by atoms with E-state index in [1.54, 1.807) is 0 Å². The number of carbonyl (C=O) groups is 1. The SMILES string of the molecule is CCCN(CCC)C(=O)CCc1c(-c2ccc(Cl)cc2)[nH]c2ccc(Cl)cc12. The summed E-state index contributed by atoms with van der Waals surface area (Å²) in [4.78, 5) is 18.3. The third kappa shape index (κ3) is 4.71. The average Bonchev–Trinajstić information content (AvgIpc) is 3.04. The highest BCUT2D eigenvalue weighted by Gasteiger charge is 2.17. The fourth-order valence-electron chi connectivity index (χ4n) is 3.63. The fourth-order valence-corrected chi connectivity index (χ4v) is 3.93. The normalized spacial score (nSPS) is 11.1. The van der Waals surface area contributed by atoms with E-state index in [0.29, 0.717) is 22.9 Å². The van der Waals surface area contributed by atoms with Crippen molar-refractivity contribution in [1.29, 1.82) is 0 Å². The molecule has 0 spiro atoms. The lowest BCUT2D eigenvalue weighted by molar-refractivity contribution is -0.131. The van der Waals surface area contributed by atoms with Crippen LogP contribution in [0.5, 0.6) is 0 Å². The first kappa shape index (κ1) is 20.8. The van der Waals surface area contributed by atoms with Crippen molar-refractivity contribution in [2.24, 2.45) is 0 Å². The highest BCUT2D eigenvalue weighted by Crippen LogP contribution is 2.33. The number of halogens is 2. The van der Waals surface area contributed by atoms with Crippen LogP contribution in [-0.4, -0.2) is 28.9 Å². The first-order chi connectivity index (χ1) is 13.5. The summed E-state index contributed by atoms with van der Waals surface area (Å²) in [5, 5.41) is 2.47. The molecule has 0 unspecified atom stereocenters. The molecule has 5 heteroatoms. The van der Waals surface area contributed by atoms with Crippen molar-refractivity contribution in [3.63, 3.8) is 0 Å². The van der Waals surface area contributed by atoms with Crippen LogP contribution in [0.3, 0.4) is 0 Å². The van der Waals surface area contributed by atoms with Crippen LogP contribution in [0.2, 0.25) is 10.0 Å². The van der Waals surface area contributed by atoms with E-state index in [2.05, 4.69) is 18.8 Å². The predicted molar refractivity (Wildman–Crippen MR) is 119 cm³/mol. The van der Waals surface area contributed by atoms with Crippen molar-refractivity contribution in [2.75, 3.05) is 13.1 Å². The zero-order valence-corrected chi connectivity index (χ0v) is 17.9. The van der Waals surface area contributed by atoms with Crippen molar-refractivity contribution in [2.45, 2.75) is 39.5 Å². The lowest BCUT2D eigenvalue weighted by Gasteiger charge is -2.21. The number of H-pyrrole nitrogens is 1. The summed E-state index contributed by atoms with van der Waals surface area (Å²) >= 11 is 12.3. The van der Waals surface area contributed by atoms with Gasteiger partial charge in [0.1, 0.15) is 0 Å². The molecular weight excluding hydrogens is 391 g/mol. The second-order valence-electron chi connectivity index (χ2n) is 7.06. The van der Waals surface area contributed by atoms with Gasteiger partial charge in [0, 0.05) is 46.2 Å². The van der Waals surface area contributed by atoms with E-state index in [1.807, 2.05) is 47.4 Å². The zero-order chi connectivity index (χ0) is 20.1. The minimum atomic E-state index is 0.210. The molecule has 148 valence electrons. The molecule has 1 heterocycles. The highest BCUT2D eigenvalue weighted by molar-refractivity contribution is 6.31. The maximum absolute atomic E-state index is 12.8. The number of aromatic nitrogens is 1. The average molecular weight is 417 g/mol. The summed E-state index contributed by atoms with van der Waals surface area (Å²) in [6.07, 6.45) is 3.11. The van der Waals surface area contributed by atoms with E-state index in [0.717, 1.165) is 53.7 Å². The Bertz CT molecular complexity index is 941. The van der Waals surface area contributed by atoms with Crippen LogP contribution in [0.15, 0.2) is 42.5 Å². The van der Waals surface area contributed by atoms with Gasteiger partial charge in [-0.25, -0.2) is 0 Å². The largest absolute Gasteiger partial charge is 0.354 e. The minimum absolute atomic E-state index is 0.210. The van der Waals surface area contributed by atoms with Gasteiger partial charge in [-0.2, -0.15) is 0 Å². The van der Waals surface area contributed by atoms with Crippen molar-refractivity contribution < 1.29 is 4.79 Å². The van der Waals surface area contributed by atoms with Crippen molar-refractivity contribution in [3.05, 3.63) is 58.1 Å². The Kier molecular flexibility index (Phi) is 7.03. The number of hydrogen-bond donors (Lipinski definition) is 1. The lowest BCUT2D eigenvalue weighted by atomic mass is 10.0. The van der Waals surface area contributed by atoms with Crippen LogP contribution < -0.4 is 0 Å². The highest BCUT2D eigenvalue weighted by atomic mass is 35.5. The standard InChI is InChI=1S/C23H26Cl2N2O/c1-3-13-27(14-4-2)22(28)12-10-19-20-15-18(25)9-11-21(20)26-23(19)16-5-7-17(24)8-6-16/h5-9,11,15,26H,3-4,10,12-14H2,1-2H3. The summed E-state index contributed by atoms with van der Waals surface area (Å²) < 4.78 is 0. The monoisotopic (exact) mass is 416 g/mol. The second-order valence-corrected chi connectivity index (χ2v) is 7.93. The maximum atomic E-state index is 12.8. The summed E-state index contributed by atoms with van der Waals surface area (Å²) in [6, 6.07) is 13.6. The molecule has 0 fully saturated rings. The van der Waals surface area contributed by atoms with Crippen molar-refractivity contribution in [1.82, 2.24) is 9.88 Å². The van der Waals surface area contributed by atoms with Crippen LogP contribution in [0.25, 0.3) is 22.2 Å². The maximum Gasteiger partial charge on any atom is 0.222 e. The molecule has 0 saturated carbocycles. The molecule has 0 saturated heterocycles. The molecule has 1 N–H and O–H groups in total. The number of amides is 1. The molecule has 28 heavy (non-hydrogen) atoms. The molecule has 0 bridgehead atoms. The van der Waals surface area contributed by atoms with Crippen molar-refractivity contribution >= 4 is 40.0 Å². The second kappa shape index (κ2) is 9.49. The number of fused-ring (bicyclic) bond motifs is 1. The zero-order valence-electron chi connectivity index (χ0n) is 16.4. The molecule has 3 aromatic rings. The molecule has 0 aliphatic rings. The van der Waals surface area contributed by atoms with Crippen LogP contribution in [0, 0.1) is 0 Å². The number of hydrogen-bond acceptors (Lipinski definition) is 1. The molecule has 2 aromatic carbocycles. The minimum Gasteiger partial charge on any atom is -0.354 e. The van der Waals surface area contributed by atoms with Gasteiger partial charge in [-0.1, -0.05) is 49.2 Å². The van der Waals surface area contributed by atoms with Gasteiger partial charge in [-0.3, -0.25) is 4.79 Å². The van der Waals surface area contributed by atoms with E-state index in [4.69, 9.17) is 23.2 Å². The Hall–Kier alpha value is -1.97.